The minimum atomic E-state index is 0.245. The van der Waals surface area contributed by atoms with Crippen LogP contribution in [0.15, 0.2) is 11.6 Å². The van der Waals surface area contributed by atoms with Gasteiger partial charge in [-0.05, 0) is 19.4 Å². The number of hydrogen-bond acceptors (Lipinski definition) is 1. The van der Waals surface area contributed by atoms with E-state index in [-0.39, 0.29) is 6.10 Å². The fourth-order valence-corrected chi connectivity index (χ4v) is 1.33. The van der Waals surface area contributed by atoms with Crippen molar-refractivity contribution in [3.8, 4) is 0 Å². The highest BCUT2D eigenvalue weighted by atomic mass is 79.9. The molecule has 0 rings (SSSR count). The zero-order valence-corrected chi connectivity index (χ0v) is 7.73. The van der Waals surface area contributed by atoms with Crippen molar-refractivity contribution in [2.24, 2.45) is 0 Å². The fourth-order valence-electron chi connectivity index (χ4n) is 0.556. The van der Waals surface area contributed by atoms with Gasteiger partial charge in [-0.2, -0.15) is 0 Å². The summed E-state index contributed by atoms with van der Waals surface area (Å²) in [5.41, 5.74) is 1.27. The van der Waals surface area contributed by atoms with Crippen LogP contribution in [0.2, 0.25) is 0 Å². The van der Waals surface area contributed by atoms with Crippen molar-refractivity contribution < 1.29 is 4.74 Å². The molecule has 0 aliphatic heterocycles. The fraction of sp³-hybridized carbons (Fsp3) is 0.714. The molecular weight excluding hydrogens is 180 g/mol. The van der Waals surface area contributed by atoms with Crippen LogP contribution in [0.25, 0.3) is 0 Å². The van der Waals surface area contributed by atoms with Crippen LogP contribution in [0.5, 0.6) is 0 Å². The molecule has 0 radical (unpaired) electrons. The predicted octanol–water partition coefficient (Wildman–Crippen LogP) is 2.36. The summed E-state index contributed by atoms with van der Waals surface area (Å²) in [7, 11) is 1.72. The topological polar surface area (TPSA) is 9.23 Å². The van der Waals surface area contributed by atoms with E-state index < -0.39 is 0 Å². The normalized spacial score (nSPS) is 15.8. The van der Waals surface area contributed by atoms with Crippen LogP contribution in [0.3, 0.4) is 0 Å². The molecular formula is C7H13BrO. The first kappa shape index (κ1) is 9.18. The Morgan fingerprint density at radius 3 is 2.44 bits per heavy atom. The van der Waals surface area contributed by atoms with Crippen LogP contribution >= 0.6 is 15.9 Å². The Labute approximate surface area is 65.2 Å². The molecule has 1 nitrogen and oxygen atoms in total. The lowest BCUT2D eigenvalue weighted by atomic mass is 10.2. The average molecular weight is 193 g/mol. The van der Waals surface area contributed by atoms with Gasteiger partial charge in [0.1, 0.15) is 0 Å². The number of allylic oxidation sites excluding steroid dienone is 1. The van der Waals surface area contributed by atoms with Crippen molar-refractivity contribution in [1.29, 1.82) is 0 Å². The Hall–Kier alpha value is 0.180. The summed E-state index contributed by atoms with van der Waals surface area (Å²) in [5, 5.41) is 0.875. The standard InChI is InChI=1S/C7H13BrO/c1-4-6(2)7(5-8)9-3/h4,7H,5H2,1-3H3/b6-4+. The summed E-state index contributed by atoms with van der Waals surface area (Å²) in [6.45, 7) is 4.08. The van der Waals surface area contributed by atoms with Crippen molar-refractivity contribution >= 4 is 15.9 Å². The molecule has 2 heteroatoms. The summed E-state index contributed by atoms with van der Waals surface area (Å²) in [5.74, 6) is 0. The number of halogens is 1. The van der Waals surface area contributed by atoms with Crippen LogP contribution in [0.1, 0.15) is 13.8 Å². The minimum absolute atomic E-state index is 0.245. The van der Waals surface area contributed by atoms with Crippen molar-refractivity contribution in [3.05, 3.63) is 11.6 Å². The van der Waals surface area contributed by atoms with E-state index in [9.17, 15) is 0 Å². The molecule has 0 aromatic rings. The van der Waals surface area contributed by atoms with E-state index in [2.05, 4.69) is 28.9 Å². The van der Waals surface area contributed by atoms with E-state index in [1.807, 2.05) is 6.92 Å². The first-order valence-electron chi connectivity index (χ1n) is 2.97. The van der Waals surface area contributed by atoms with Gasteiger partial charge in [-0.1, -0.05) is 22.0 Å². The Morgan fingerprint density at radius 2 is 2.33 bits per heavy atom. The van der Waals surface area contributed by atoms with Crippen LogP contribution in [-0.2, 0) is 4.74 Å². The van der Waals surface area contributed by atoms with Crippen molar-refractivity contribution in [3.63, 3.8) is 0 Å². The van der Waals surface area contributed by atoms with Gasteiger partial charge in [0.2, 0.25) is 0 Å². The molecule has 0 aromatic heterocycles. The predicted molar refractivity (Wildman–Crippen MR) is 44.0 cm³/mol. The van der Waals surface area contributed by atoms with E-state index in [1.54, 1.807) is 7.11 Å². The molecule has 1 atom stereocenters. The van der Waals surface area contributed by atoms with Gasteiger partial charge in [0.15, 0.2) is 0 Å². The largest absolute Gasteiger partial charge is 0.376 e. The van der Waals surface area contributed by atoms with Gasteiger partial charge in [0.05, 0.1) is 6.10 Å². The summed E-state index contributed by atoms with van der Waals surface area (Å²) in [6, 6.07) is 0. The monoisotopic (exact) mass is 192 g/mol. The third-order valence-electron chi connectivity index (χ3n) is 1.39. The second kappa shape index (κ2) is 5.00. The number of hydrogen-bond donors (Lipinski definition) is 0. The van der Waals surface area contributed by atoms with Crippen LogP contribution < -0.4 is 0 Å². The van der Waals surface area contributed by atoms with Crippen molar-refractivity contribution in [1.82, 2.24) is 0 Å². The number of alkyl halides is 1. The molecule has 0 aliphatic carbocycles. The zero-order chi connectivity index (χ0) is 7.28. The summed E-state index contributed by atoms with van der Waals surface area (Å²) >= 11 is 3.35. The molecule has 0 amide bonds. The maximum atomic E-state index is 5.14. The first-order valence-corrected chi connectivity index (χ1v) is 4.10. The molecule has 0 N–H and O–H groups in total. The highest BCUT2D eigenvalue weighted by Crippen LogP contribution is 2.06. The molecule has 1 unspecified atom stereocenters. The lowest BCUT2D eigenvalue weighted by Crippen LogP contribution is -2.12. The molecule has 9 heavy (non-hydrogen) atoms. The van der Waals surface area contributed by atoms with Crippen LogP contribution in [0, 0.1) is 0 Å². The lowest BCUT2D eigenvalue weighted by molar-refractivity contribution is 0.151. The summed E-state index contributed by atoms with van der Waals surface area (Å²) < 4.78 is 5.14. The Bertz CT molecular complexity index is 95.1. The summed E-state index contributed by atoms with van der Waals surface area (Å²) in [4.78, 5) is 0. The Morgan fingerprint density at radius 1 is 1.78 bits per heavy atom. The average Bonchev–Trinajstić information content (AvgIpc) is 1.90. The molecule has 0 fully saturated rings. The Kier molecular flexibility index (Phi) is 5.10. The van der Waals surface area contributed by atoms with Gasteiger partial charge in [0.25, 0.3) is 0 Å². The first-order chi connectivity index (χ1) is 4.26. The number of ether oxygens (including phenoxy) is 1. The molecule has 0 saturated carbocycles. The number of rotatable bonds is 3. The molecule has 0 spiro atoms. The van der Waals surface area contributed by atoms with Gasteiger partial charge in [-0.25, -0.2) is 0 Å². The highest BCUT2D eigenvalue weighted by Gasteiger charge is 2.04. The third kappa shape index (κ3) is 3.01. The Balaban J connectivity index is 3.79. The quantitative estimate of drug-likeness (QED) is 0.493. The smallest absolute Gasteiger partial charge is 0.0875 e. The maximum absolute atomic E-state index is 5.14. The van der Waals surface area contributed by atoms with E-state index in [0.29, 0.717) is 0 Å². The second-order valence-electron chi connectivity index (χ2n) is 1.91. The van der Waals surface area contributed by atoms with Gasteiger partial charge in [0, 0.05) is 12.4 Å². The van der Waals surface area contributed by atoms with E-state index in [4.69, 9.17) is 4.74 Å². The molecule has 0 heterocycles. The van der Waals surface area contributed by atoms with Crippen molar-refractivity contribution in [2.45, 2.75) is 20.0 Å². The third-order valence-corrected chi connectivity index (χ3v) is 1.98. The second-order valence-corrected chi connectivity index (χ2v) is 2.56. The molecule has 0 saturated heterocycles. The van der Waals surface area contributed by atoms with Gasteiger partial charge >= 0.3 is 0 Å². The van der Waals surface area contributed by atoms with Crippen LogP contribution in [0.4, 0.5) is 0 Å². The van der Waals surface area contributed by atoms with Gasteiger partial charge in [-0.15, -0.1) is 0 Å². The highest BCUT2D eigenvalue weighted by molar-refractivity contribution is 9.09. The molecule has 0 aromatic carbocycles. The maximum Gasteiger partial charge on any atom is 0.0875 e. The van der Waals surface area contributed by atoms with Crippen molar-refractivity contribution in [2.75, 3.05) is 12.4 Å². The van der Waals surface area contributed by atoms with E-state index in [1.165, 1.54) is 5.57 Å². The summed E-state index contributed by atoms with van der Waals surface area (Å²) in [6.07, 6.45) is 2.31. The van der Waals surface area contributed by atoms with E-state index >= 15 is 0 Å². The van der Waals surface area contributed by atoms with Gasteiger partial charge in [-0.3, -0.25) is 0 Å². The lowest BCUT2D eigenvalue weighted by Gasteiger charge is -2.11. The SMILES string of the molecule is C/C=C(\C)C(CBr)OC. The molecule has 0 bridgehead atoms. The van der Waals surface area contributed by atoms with E-state index in [0.717, 1.165) is 5.33 Å². The number of methoxy groups -OCH3 is 1. The molecule has 54 valence electrons. The molecule has 0 aliphatic rings. The minimum Gasteiger partial charge on any atom is -0.376 e. The zero-order valence-electron chi connectivity index (χ0n) is 6.15. The van der Waals surface area contributed by atoms with Gasteiger partial charge < -0.3 is 4.74 Å². The van der Waals surface area contributed by atoms with Crippen LogP contribution in [-0.4, -0.2) is 18.5 Å².